The minimum Gasteiger partial charge on any atom is -0.476 e. The highest BCUT2D eigenvalue weighted by atomic mass is 19.4. The second-order valence-electron chi connectivity index (χ2n) is 5.07. The topological polar surface area (TPSA) is 75.4 Å². The Hall–Kier alpha value is -2.84. The highest BCUT2D eigenvalue weighted by Crippen LogP contribution is 2.37. The van der Waals surface area contributed by atoms with Crippen LogP contribution in [0.3, 0.4) is 0 Å². The van der Waals surface area contributed by atoms with Gasteiger partial charge in [0.1, 0.15) is 6.33 Å². The SMILES string of the molecule is CN1Cc2c(C(=O)O)ncn2-c2cccc(C(F)(F)F)c2C1=O. The number of hydrogen-bond donors (Lipinski definition) is 1. The van der Waals surface area contributed by atoms with Crippen LogP contribution in [0, 0.1) is 0 Å². The van der Waals surface area contributed by atoms with E-state index < -0.39 is 29.2 Å². The largest absolute Gasteiger partial charge is 0.476 e. The Morgan fingerprint density at radius 1 is 1.35 bits per heavy atom. The number of carboxylic acid groups (broad SMARTS) is 1. The predicted octanol–water partition coefficient (Wildman–Crippen LogP) is 2.17. The first-order valence-corrected chi connectivity index (χ1v) is 6.47. The maximum Gasteiger partial charge on any atom is 0.417 e. The summed E-state index contributed by atoms with van der Waals surface area (Å²) in [5.41, 5.74) is -1.77. The zero-order valence-electron chi connectivity index (χ0n) is 11.8. The first-order valence-electron chi connectivity index (χ1n) is 6.47. The zero-order valence-corrected chi connectivity index (χ0v) is 11.8. The Labute approximate surface area is 127 Å². The molecule has 1 aromatic carbocycles. The molecule has 0 saturated heterocycles. The van der Waals surface area contributed by atoms with E-state index in [2.05, 4.69) is 4.98 Å². The van der Waals surface area contributed by atoms with Gasteiger partial charge in [0.15, 0.2) is 5.69 Å². The van der Waals surface area contributed by atoms with E-state index in [1.165, 1.54) is 23.7 Å². The Balaban J connectivity index is 2.36. The fraction of sp³-hybridized carbons (Fsp3) is 0.214. The highest BCUT2D eigenvalue weighted by Gasteiger charge is 2.39. The number of alkyl halides is 3. The van der Waals surface area contributed by atoms with E-state index in [1.807, 2.05) is 0 Å². The fourth-order valence-corrected chi connectivity index (χ4v) is 2.60. The van der Waals surface area contributed by atoms with Crippen molar-refractivity contribution in [1.82, 2.24) is 14.5 Å². The van der Waals surface area contributed by atoms with Crippen LogP contribution in [0.2, 0.25) is 0 Å². The molecular weight excluding hydrogens is 315 g/mol. The molecule has 2 heterocycles. The van der Waals surface area contributed by atoms with E-state index in [9.17, 15) is 22.8 Å². The number of halogens is 3. The molecule has 0 saturated carbocycles. The molecule has 3 rings (SSSR count). The van der Waals surface area contributed by atoms with Crippen LogP contribution in [0.5, 0.6) is 0 Å². The molecule has 0 fully saturated rings. The van der Waals surface area contributed by atoms with Crippen molar-refractivity contribution in [2.45, 2.75) is 12.7 Å². The predicted molar refractivity (Wildman–Crippen MR) is 71.3 cm³/mol. The number of carbonyl (C=O) groups excluding carboxylic acids is 1. The monoisotopic (exact) mass is 325 g/mol. The van der Waals surface area contributed by atoms with Crippen molar-refractivity contribution in [3.8, 4) is 5.69 Å². The van der Waals surface area contributed by atoms with Gasteiger partial charge >= 0.3 is 12.1 Å². The Bertz CT molecular complexity index is 826. The number of fused-ring (bicyclic) bond motifs is 3. The Morgan fingerprint density at radius 2 is 2.04 bits per heavy atom. The minimum absolute atomic E-state index is 0.0378. The number of amides is 1. The van der Waals surface area contributed by atoms with Crippen LogP contribution in [0.25, 0.3) is 5.69 Å². The molecule has 1 N–H and O–H groups in total. The van der Waals surface area contributed by atoms with Gasteiger partial charge in [0, 0.05) is 7.05 Å². The van der Waals surface area contributed by atoms with Crippen LogP contribution >= 0.6 is 0 Å². The molecule has 1 aliphatic heterocycles. The lowest BCUT2D eigenvalue weighted by atomic mass is 10.0. The maximum atomic E-state index is 13.2. The number of hydrogen-bond acceptors (Lipinski definition) is 3. The van der Waals surface area contributed by atoms with Crippen LogP contribution < -0.4 is 0 Å². The van der Waals surface area contributed by atoms with Crippen molar-refractivity contribution in [2.24, 2.45) is 0 Å². The van der Waals surface area contributed by atoms with Crippen molar-refractivity contribution in [3.05, 3.63) is 47.0 Å². The van der Waals surface area contributed by atoms with Gasteiger partial charge in [-0.3, -0.25) is 9.36 Å². The van der Waals surface area contributed by atoms with Gasteiger partial charge < -0.3 is 10.0 Å². The van der Waals surface area contributed by atoms with Crippen molar-refractivity contribution in [1.29, 1.82) is 0 Å². The standard InChI is InChI=1S/C14H10F3N3O3/c1-19-5-9-11(13(22)23)18-6-20(9)8-4-2-3-7(14(15,16)17)10(8)12(19)21/h2-4,6H,5H2,1H3,(H,22,23). The van der Waals surface area contributed by atoms with Gasteiger partial charge in [0.2, 0.25) is 0 Å². The summed E-state index contributed by atoms with van der Waals surface area (Å²) in [5, 5.41) is 9.15. The van der Waals surface area contributed by atoms with E-state index in [0.29, 0.717) is 0 Å². The van der Waals surface area contributed by atoms with Gasteiger partial charge in [-0.25, -0.2) is 9.78 Å². The third kappa shape index (κ3) is 2.24. The van der Waals surface area contributed by atoms with E-state index in [1.54, 1.807) is 0 Å². The highest BCUT2D eigenvalue weighted by molar-refractivity contribution is 6.00. The molecular formula is C14H10F3N3O3. The normalized spacial score (nSPS) is 14.3. The maximum absolute atomic E-state index is 13.2. The number of rotatable bonds is 1. The number of benzene rings is 1. The summed E-state index contributed by atoms with van der Waals surface area (Å²) in [6.07, 6.45) is -3.59. The van der Waals surface area contributed by atoms with E-state index in [-0.39, 0.29) is 23.6 Å². The quantitative estimate of drug-likeness (QED) is 0.872. The molecule has 0 bridgehead atoms. The lowest BCUT2D eigenvalue weighted by Crippen LogP contribution is -2.28. The number of carbonyl (C=O) groups is 2. The first kappa shape index (κ1) is 15.1. The number of aromatic nitrogens is 2. The molecule has 0 atom stereocenters. The molecule has 2 aromatic rings. The molecule has 0 radical (unpaired) electrons. The van der Waals surface area contributed by atoms with Crippen LogP contribution in [0.1, 0.15) is 32.1 Å². The minimum atomic E-state index is -4.71. The average molecular weight is 325 g/mol. The summed E-state index contributed by atoms with van der Waals surface area (Å²) in [5.74, 6) is -2.14. The second kappa shape index (κ2) is 4.83. The van der Waals surface area contributed by atoms with Gasteiger partial charge in [0.05, 0.1) is 29.1 Å². The van der Waals surface area contributed by atoms with E-state index in [4.69, 9.17) is 5.11 Å². The molecule has 1 aliphatic rings. The molecule has 0 unspecified atom stereocenters. The Morgan fingerprint density at radius 3 is 2.65 bits per heavy atom. The summed E-state index contributed by atoms with van der Waals surface area (Å²) in [6.45, 7) is -0.160. The smallest absolute Gasteiger partial charge is 0.417 e. The van der Waals surface area contributed by atoms with Gasteiger partial charge in [0.25, 0.3) is 5.91 Å². The van der Waals surface area contributed by atoms with E-state index >= 15 is 0 Å². The van der Waals surface area contributed by atoms with Gasteiger partial charge in [-0.1, -0.05) is 6.07 Å². The molecule has 0 aliphatic carbocycles. The molecule has 0 spiro atoms. The molecule has 23 heavy (non-hydrogen) atoms. The molecule has 1 aromatic heterocycles. The third-order valence-electron chi connectivity index (χ3n) is 3.62. The summed E-state index contributed by atoms with van der Waals surface area (Å²) >= 11 is 0. The van der Waals surface area contributed by atoms with Crippen LogP contribution in [0.4, 0.5) is 13.2 Å². The average Bonchev–Trinajstić information content (AvgIpc) is 2.84. The summed E-state index contributed by atoms with van der Waals surface area (Å²) in [7, 11) is 1.31. The van der Waals surface area contributed by atoms with Gasteiger partial charge in [-0.2, -0.15) is 13.2 Å². The lowest BCUT2D eigenvalue weighted by molar-refractivity contribution is -0.138. The van der Waals surface area contributed by atoms with Gasteiger partial charge in [-0.05, 0) is 12.1 Å². The van der Waals surface area contributed by atoms with Crippen LogP contribution in [-0.4, -0.2) is 38.5 Å². The lowest BCUT2D eigenvalue weighted by Gasteiger charge is -2.18. The number of carboxylic acids is 1. The summed E-state index contributed by atoms with van der Waals surface area (Å²) in [6, 6.07) is 3.33. The summed E-state index contributed by atoms with van der Waals surface area (Å²) in [4.78, 5) is 28.4. The van der Waals surface area contributed by atoms with Crippen molar-refractivity contribution < 1.29 is 27.9 Å². The van der Waals surface area contributed by atoms with Crippen molar-refractivity contribution in [3.63, 3.8) is 0 Å². The van der Waals surface area contributed by atoms with E-state index in [0.717, 1.165) is 17.3 Å². The first-order chi connectivity index (χ1) is 10.7. The molecule has 120 valence electrons. The Kier molecular flexibility index (Phi) is 3.17. The zero-order chi connectivity index (χ0) is 16.9. The molecule has 6 nitrogen and oxygen atoms in total. The molecule has 1 amide bonds. The van der Waals surface area contributed by atoms with Gasteiger partial charge in [-0.15, -0.1) is 0 Å². The van der Waals surface area contributed by atoms with Crippen molar-refractivity contribution >= 4 is 11.9 Å². The van der Waals surface area contributed by atoms with Crippen LogP contribution in [0.15, 0.2) is 24.5 Å². The third-order valence-corrected chi connectivity index (χ3v) is 3.62. The van der Waals surface area contributed by atoms with Crippen LogP contribution in [-0.2, 0) is 12.7 Å². The summed E-state index contributed by atoms with van der Waals surface area (Å²) < 4.78 is 40.9. The second-order valence-corrected chi connectivity index (χ2v) is 5.07. The molecule has 9 heteroatoms. The number of imidazole rings is 1. The number of aromatic carboxylic acids is 1. The van der Waals surface area contributed by atoms with Crippen molar-refractivity contribution in [2.75, 3.05) is 7.05 Å². The fourth-order valence-electron chi connectivity index (χ4n) is 2.60. The number of nitrogens with zero attached hydrogens (tertiary/aromatic N) is 3.